The van der Waals surface area contributed by atoms with E-state index in [2.05, 4.69) is 15.6 Å². The third kappa shape index (κ3) is 5.86. The number of hydrogen-bond acceptors (Lipinski definition) is 7. The summed E-state index contributed by atoms with van der Waals surface area (Å²) in [6, 6.07) is 6.58. The van der Waals surface area contributed by atoms with Gasteiger partial charge in [0.25, 0.3) is 17.4 Å². The quantitative estimate of drug-likeness (QED) is 0.245. The molecule has 10 heteroatoms. The Morgan fingerprint density at radius 1 is 1.06 bits per heavy atom. The Balaban J connectivity index is 1.68. The van der Waals surface area contributed by atoms with Crippen LogP contribution in [0.2, 0.25) is 0 Å². The van der Waals surface area contributed by atoms with E-state index in [-0.39, 0.29) is 18.8 Å². The molecule has 1 saturated heterocycles. The number of amides is 4. The van der Waals surface area contributed by atoms with Gasteiger partial charge in [0.15, 0.2) is 0 Å². The number of benzene rings is 1. The Morgan fingerprint density at radius 3 is 2.33 bits per heavy atom. The van der Waals surface area contributed by atoms with Crippen LogP contribution in [0.4, 0.5) is 4.79 Å². The van der Waals surface area contributed by atoms with E-state index in [9.17, 15) is 14.4 Å². The minimum absolute atomic E-state index is 0.0561. The zero-order valence-electron chi connectivity index (χ0n) is 18.7. The van der Waals surface area contributed by atoms with Gasteiger partial charge < -0.3 is 18.8 Å². The Bertz CT molecular complexity index is 1040. The van der Waals surface area contributed by atoms with Crippen LogP contribution in [0, 0.1) is 0 Å². The minimum atomic E-state index is -1.91. The normalized spacial score (nSPS) is 16.3. The first kappa shape index (κ1) is 23.7. The van der Waals surface area contributed by atoms with Gasteiger partial charge in [0.2, 0.25) is 0 Å². The van der Waals surface area contributed by atoms with E-state index in [0.717, 1.165) is 5.69 Å². The third-order valence-corrected chi connectivity index (χ3v) is 4.80. The zero-order chi connectivity index (χ0) is 23.8. The second kappa shape index (κ2) is 10.6. The fourth-order valence-corrected chi connectivity index (χ4v) is 3.14. The van der Waals surface area contributed by atoms with E-state index in [0.29, 0.717) is 18.1 Å². The number of carbonyl (C=O) groups is 3. The molecule has 2 heterocycles. The highest BCUT2D eigenvalue weighted by molar-refractivity contribution is 6.21. The average molecular weight is 454 g/mol. The number of imidazole rings is 1. The van der Waals surface area contributed by atoms with Crippen LogP contribution in [-0.4, -0.2) is 46.2 Å². The summed E-state index contributed by atoms with van der Waals surface area (Å²) in [6.07, 6.45) is 8.43. The Morgan fingerprint density at radius 2 is 1.73 bits per heavy atom. The highest BCUT2D eigenvalue weighted by Crippen LogP contribution is 2.24. The predicted molar refractivity (Wildman–Crippen MR) is 118 cm³/mol. The van der Waals surface area contributed by atoms with Crippen LogP contribution in [0.1, 0.15) is 27.2 Å². The number of rotatable bonds is 10. The van der Waals surface area contributed by atoms with Gasteiger partial charge in [0.1, 0.15) is 11.5 Å². The molecular weight excluding hydrogens is 428 g/mol. The molecule has 0 saturated carbocycles. The van der Waals surface area contributed by atoms with Crippen LogP contribution in [0.5, 0.6) is 5.75 Å². The Hall–Kier alpha value is -3.92. The highest BCUT2D eigenvalue weighted by atomic mass is 16.5. The number of ether oxygens (including phenoxy) is 3. The van der Waals surface area contributed by atoms with E-state index in [1.54, 1.807) is 45.4 Å². The van der Waals surface area contributed by atoms with Crippen molar-refractivity contribution in [1.82, 2.24) is 20.2 Å². The van der Waals surface area contributed by atoms with Gasteiger partial charge in [-0.1, -0.05) is 0 Å². The summed E-state index contributed by atoms with van der Waals surface area (Å²) in [5.41, 5.74) is -0.958. The van der Waals surface area contributed by atoms with Gasteiger partial charge in [-0.3, -0.25) is 20.2 Å². The van der Waals surface area contributed by atoms with E-state index in [1.807, 2.05) is 35.0 Å². The average Bonchev–Trinajstić information content (AvgIpc) is 3.31. The molecule has 10 nitrogen and oxygen atoms in total. The summed E-state index contributed by atoms with van der Waals surface area (Å²) in [7, 11) is 0. The van der Waals surface area contributed by atoms with Gasteiger partial charge >= 0.3 is 6.03 Å². The molecule has 0 atom stereocenters. The maximum Gasteiger partial charge on any atom is 0.328 e. The van der Waals surface area contributed by atoms with Crippen LogP contribution in [0.15, 0.2) is 66.7 Å². The number of nitrogens with zero attached hydrogens (tertiary/aromatic N) is 2. The molecule has 1 aliphatic rings. The van der Waals surface area contributed by atoms with Crippen molar-refractivity contribution in [3.63, 3.8) is 0 Å². The first-order valence-corrected chi connectivity index (χ1v) is 10.4. The zero-order valence-corrected chi connectivity index (χ0v) is 18.7. The summed E-state index contributed by atoms with van der Waals surface area (Å²) < 4.78 is 18.7. The van der Waals surface area contributed by atoms with Crippen molar-refractivity contribution < 1.29 is 28.6 Å². The minimum Gasteiger partial charge on any atom is -0.472 e. The second-order valence-corrected chi connectivity index (χ2v) is 7.23. The SMILES string of the molecule is CCOCCC1(O/C(C)=C/C=C(\C)Oc2ccc(-n3ccnc3)cc2)C(=O)NC(=O)NC1=O. The second-order valence-electron chi connectivity index (χ2n) is 7.23. The van der Waals surface area contributed by atoms with Crippen LogP contribution < -0.4 is 15.4 Å². The summed E-state index contributed by atoms with van der Waals surface area (Å²) in [5, 5.41) is 4.16. The number of aromatic nitrogens is 2. The molecule has 0 unspecified atom stereocenters. The van der Waals surface area contributed by atoms with Gasteiger partial charge in [0, 0.05) is 31.1 Å². The number of allylic oxidation sites excluding steroid dienone is 4. The maximum absolute atomic E-state index is 12.5. The molecule has 0 spiro atoms. The number of nitrogens with one attached hydrogen (secondary N) is 2. The number of carbonyl (C=O) groups excluding carboxylic acids is 3. The lowest BCUT2D eigenvalue weighted by molar-refractivity contribution is -0.159. The van der Waals surface area contributed by atoms with E-state index in [4.69, 9.17) is 14.2 Å². The van der Waals surface area contributed by atoms with Crippen molar-refractivity contribution in [2.75, 3.05) is 13.2 Å². The molecule has 1 aromatic heterocycles. The number of barbiturate groups is 1. The van der Waals surface area contributed by atoms with Crippen molar-refractivity contribution in [2.24, 2.45) is 0 Å². The number of hydrogen-bond donors (Lipinski definition) is 2. The number of imide groups is 2. The molecule has 2 aromatic rings. The van der Waals surface area contributed by atoms with Gasteiger partial charge in [-0.15, -0.1) is 0 Å². The fourth-order valence-electron chi connectivity index (χ4n) is 3.14. The lowest BCUT2D eigenvalue weighted by atomic mass is 9.95. The molecule has 0 aliphatic carbocycles. The molecule has 0 radical (unpaired) electrons. The van der Waals surface area contributed by atoms with Gasteiger partial charge in [-0.05, 0) is 57.2 Å². The predicted octanol–water partition coefficient (Wildman–Crippen LogP) is 2.61. The molecule has 3 rings (SSSR count). The van der Waals surface area contributed by atoms with Gasteiger partial charge in [-0.2, -0.15) is 0 Å². The van der Waals surface area contributed by atoms with Crippen molar-refractivity contribution in [3.8, 4) is 11.4 Å². The molecule has 2 N–H and O–H groups in total. The highest BCUT2D eigenvalue weighted by Gasteiger charge is 2.52. The molecular formula is C23H26N4O6. The molecule has 1 aliphatic heterocycles. The molecule has 174 valence electrons. The number of urea groups is 1. The van der Waals surface area contributed by atoms with Crippen molar-refractivity contribution in [2.45, 2.75) is 32.8 Å². The standard InChI is InChI=1S/C23H26N4O6/c1-4-31-14-11-23(20(28)25-22(30)26-21(23)29)33-17(3)6-5-16(2)32-19-9-7-18(8-10-19)27-13-12-24-15-27/h5-10,12-13,15H,4,11,14H2,1-3H3,(H2,25,26,28,29,30)/b16-5+,17-6+. The van der Waals surface area contributed by atoms with Gasteiger partial charge in [-0.25, -0.2) is 9.78 Å². The largest absolute Gasteiger partial charge is 0.472 e. The first-order valence-electron chi connectivity index (χ1n) is 10.4. The Kier molecular flexibility index (Phi) is 7.62. The van der Waals surface area contributed by atoms with E-state index < -0.39 is 23.4 Å². The summed E-state index contributed by atoms with van der Waals surface area (Å²) in [4.78, 5) is 40.5. The van der Waals surface area contributed by atoms with Crippen molar-refractivity contribution in [3.05, 3.63) is 66.7 Å². The van der Waals surface area contributed by atoms with Crippen LogP contribution in [0.25, 0.3) is 5.69 Å². The maximum atomic E-state index is 12.5. The third-order valence-electron chi connectivity index (χ3n) is 4.80. The Labute approximate surface area is 191 Å². The van der Waals surface area contributed by atoms with E-state index >= 15 is 0 Å². The monoisotopic (exact) mass is 454 g/mol. The fraction of sp³-hybridized carbons (Fsp3) is 0.304. The lowest BCUT2D eigenvalue weighted by Crippen LogP contribution is -2.67. The smallest absolute Gasteiger partial charge is 0.328 e. The van der Waals surface area contributed by atoms with Crippen LogP contribution in [-0.2, 0) is 19.1 Å². The van der Waals surface area contributed by atoms with Gasteiger partial charge in [0.05, 0.1) is 18.7 Å². The lowest BCUT2D eigenvalue weighted by Gasteiger charge is -2.34. The summed E-state index contributed by atoms with van der Waals surface area (Å²) >= 11 is 0. The van der Waals surface area contributed by atoms with Crippen LogP contribution >= 0.6 is 0 Å². The molecule has 33 heavy (non-hydrogen) atoms. The first-order chi connectivity index (χ1) is 15.8. The van der Waals surface area contributed by atoms with Crippen molar-refractivity contribution >= 4 is 17.8 Å². The van der Waals surface area contributed by atoms with E-state index in [1.165, 1.54) is 0 Å². The van der Waals surface area contributed by atoms with Crippen LogP contribution in [0.3, 0.4) is 0 Å². The molecule has 1 aromatic carbocycles. The molecule has 4 amide bonds. The summed E-state index contributed by atoms with van der Waals surface area (Å²) in [5.74, 6) is -0.191. The summed E-state index contributed by atoms with van der Waals surface area (Å²) in [6.45, 7) is 5.67. The van der Waals surface area contributed by atoms with Crippen molar-refractivity contribution in [1.29, 1.82) is 0 Å². The molecule has 1 fully saturated rings. The topological polar surface area (TPSA) is 121 Å². The molecule has 0 bridgehead atoms.